The summed E-state index contributed by atoms with van der Waals surface area (Å²) in [4.78, 5) is 24.2. The first-order valence-corrected chi connectivity index (χ1v) is 6.20. The smallest absolute Gasteiger partial charge is 0.308 e. The van der Waals surface area contributed by atoms with E-state index in [4.69, 9.17) is 5.11 Å². The van der Waals surface area contributed by atoms with E-state index in [9.17, 15) is 9.59 Å². The molecule has 18 heavy (non-hydrogen) atoms. The van der Waals surface area contributed by atoms with Crippen LogP contribution in [0, 0.1) is 5.92 Å². The van der Waals surface area contributed by atoms with Crippen molar-refractivity contribution in [3.63, 3.8) is 0 Å². The van der Waals surface area contributed by atoms with Gasteiger partial charge in [-0.2, -0.15) is 5.10 Å². The molecule has 2 aliphatic rings. The number of aromatic nitrogens is 2. The molecule has 96 valence electrons. The lowest BCUT2D eigenvalue weighted by Gasteiger charge is -2.14. The number of carbonyl (C=O) groups excluding carboxylic acids is 1. The van der Waals surface area contributed by atoms with E-state index in [-0.39, 0.29) is 12.3 Å². The number of nitrogens with one attached hydrogen (secondary N) is 1. The molecule has 0 spiro atoms. The Labute approximate surface area is 104 Å². The van der Waals surface area contributed by atoms with Gasteiger partial charge in [-0.05, 0) is 24.8 Å². The van der Waals surface area contributed by atoms with Gasteiger partial charge in [0.2, 0.25) is 5.91 Å². The molecular weight excluding hydrogens is 234 g/mol. The number of hydrogen-bond acceptors (Lipinski definition) is 3. The molecule has 0 radical (unpaired) electrons. The number of carboxylic acid groups (broad SMARTS) is 1. The lowest BCUT2D eigenvalue weighted by atomic mass is 10.1. The highest BCUT2D eigenvalue weighted by atomic mass is 16.4. The third kappa shape index (κ3) is 1.77. The van der Waals surface area contributed by atoms with Crippen LogP contribution >= 0.6 is 0 Å². The number of aryl methyl sites for hydroxylation is 1. The van der Waals surface area contributed by atoms with Crippen molar-refractivity contribution in [2.75, 3.05) is 6.54 Å². The zero-order valence-electron chi connectivity index (χ0n) is 9.98. The predicted molar refractivity (Wildman–Crippen MR) is 61.8 cm³/mol. The summed E-state index contributed by atoms with van der Waals surface area (Å²) in [6.07, 6.45) is 3.27. The van der Waals surface area contributed by atoms with Crippen LogP contribution in [0.5, 0.6) is 0 Å². The molecule has 1 aliphatic heterocycles. The van der Waals surface area contributed by atoms with Gasteiger partial charge in [-0.15, -0.1) is 0 Å². The Morgan fingerprint density at radius 2 is 2.33 bits per heavy atom. The molecule has 0 saturated carbocycles. The molecule has 6 nitrogen and oxygen atoms in total. The van der Waals surface area contributed by atoms with Gasteiger partial charge in [0.15, 0.2) is 0 Å². The molecule has 6 heteroatoms. The maximum atomic E-state index is 11.7. The molecule has 1 atom stereocenters. The fourth-order valence-corrected chi connectivity index (χ4v) is 2.79. The average molecular weight is 249 g/mol. The number of nitrogens with zero attached hydrogens (tertiary/aromatic N) is 2. The highest BCUT2D eigenvalue weighted by Gasteiger charge is 2.35. The van der Waals surface area contributed by atoms with Crippen molar-refractivity contribution in [3.05, 3.63) is 17.0 Å². The minimum atomic E-state index is -0.891. The van der Waals surface area contributed by atoms with E-state index < -0.39 is 11.9 Å². The Morgan fingerprint density at radius 1 is 1.50 bits per heavy atom. The summed E-state index contributed by atoms with van der Waals surface area (Å²) in [5.74, 6) is -1.54. The summed E-state index contributed by atoms with van der Waals surface area (Å²) in [6, 6.07) is 0. The predicted octanol–water partition coefficient (Wildman–Crippen LogP) is 0.331. The van der Waals surface area contributed by atoms with E-state index in [2.05, 4.69) is 10.2 Å². The summed E-state index contributed by atoms with van der Waals surface area (Å²) in [7, 11) is 0. The van der Waals surface area contributed by atoms with Crippen molar-refractivity contribution >= 4 is 11.9 Å². The Hall–Kier alpha value is -1.85. The molecule has 1 aromatic rings. The molecular formula is C12H15N3O3. The summed E-state index contributed by atoms with van der Waals surface area (Å²) in [5, 5.41) is 16.2. The number of H-pyrrole nitrogens is 1. The fraction of sp³-hybridized carbons (Fsp3) is 0.583. The quantitative estimate of drug-likeness (QED) is 0.808. The third-order valence-corrected chi connectivity index (χ3v) is 3.80. The van der Waals surface area contributed by atoms with Crippen LogP contribution in [0.1, 0.15) is 29.8 Å². The molecule has 1 aliphatic carbocycles. The van der Waals surface area contributed by atoms with Gasteiger partial charge in [-0.1, -0.05) is 0 Å². The molecule has 0 unspecified atom stereocenters. The number of aliphatic carboxylic acids is 1. The first-order valence-electron chi connectivity index (χ1n) is 6.20. The molecule has 1 saturated heterocycles. The summed E-state index contributed by atoms with van der Waals surface area (Å²) < 4.78 is 0. The lowest BCUT2D eigenvalue weighted by molar-refractivity contribution is -0.141. The van der Waals surface area contributed by atoms with Crippen LogP contribution in [0.2, 0.25) is 0 Å². The Balaban J connectivity index is 1.73. The van der Waals surface area contributed by atoms with Crippen LogP contribution in [-0.2, 0) is 29.0 Å². The van der Waals surface area contributed by atoms with E-state index >= 15 is 0 Å². The van der Waals surface area contributed by atoms with Gasteiger partial charge < -0.3 is 10.0 Å². The second-order valence-electron chi connectivity index (χ2n) is 4.99. The Bertz CT molecular complexity index is 509. The first-order chi connectivity index (χ1) is 8.65. The number of carbonyl (C=O) groups is 2. The molecule has 1 fully saturated rings. The number of fused-ring (bicyclic) bond motifs is 1. The van der Waals surface area contributed by atoms with Gasteiger partial charge in [-0.25, -0.2) is 0 Å². The molecule has 1 aromatic heterocycles. The largest absolute Gasteiger partial charge is 0.481 e. The van der Waals surface area contributed by atoms with Crippen molar-refractivity contribution in [2.24, 2.45) is 5.92 Å². The monoisotopic (exact) mass is 249 g/mol. The normalized spacial score (nSPS) is 22.6. The van der Waals surface area contributed by atoms with Gasteiger partial charge in [0.1, 0.15) is 0 Å². The van der Waals surface area contributed by atoms with Crippen LogP contribution in [0.4, 0.5) is 0 Å². The van der Waals surface area contributed by atoms with Crippen molar-refractivity contribution in [2.45, 2.75) is 32.2 Å². The van der Waals surface area contributed by atoms with Crippen molar-refractivity contribution in [3.8, 4) is 0 Å². The number of carboxylic acids is 1. The van der Waals surface area contributed by atoms with Crippen LogP contribution in [-0.4, -0.2) is 38.6 Å². The van der Waals surface area contributed by atoms with Gasteiger partial charge in [0.05, 0.1) is 18.2 Å². The molecule has 3 rings (SSSR count). The van der Waals surface area contributed by atoms with E-state index in [1.807, 2.05) is 0 Å². The molecule has 0 bridgehead atoms. The minimum Gasteiger partial charge on any atom is -0.481 e. The molecule has 2 N–H and O–H groups in total. The summed E-state index contributed by atoms with van der Waals surface area (Å²) in [5.41, 5.74) is 3.30. The number of likely N-dealkylation sites (tertiary alicyclic amines) is 1. The van der Waals surface area contributed by atoms with Crippen LogP contribution in [0.25, 0.3) is 0 Å². The van der Waals surface area contributed by atoms with Crippen LogP contribution in [0.15, 0.2) is 0 Å². The SMILES string of the molecule is O=C(O)[C@@H]1CC(=O)N(Cc2n[nH]c3c2CCC3)C1. The zero-order valence-corrected chi connectivity index (χ0v) is 9.98. The maximum absolute atomic E-state index is 11.7. The highest BCUT2D eigenvalue weighted by molar-refractivity contribution is 5.86. The van der Waals surface area contributed by atoms with Gasteiger partial charge in [-0.3, -0.25) is 14.7 Å². The number of hydrogen-bond donors (Lipinski definition) is 2. The van der Waals surface area contributed by atoms with Gasteiger partial charge >= 0.3 is 5.97 Å². The van der Waals surface area contributed by atoms with Crippen LogP contribution in [0.3, 0.4) is 0 Å². The lowest BCUT2D eigenvalue weighted by Crippen LogP contribution is -2.26. The molecule has 0 aromatic carbocycles. The van der Waals surface area contributed by atoms with E-state index in [0.29, 0.717) is 13.1 Å². The molecule has 1 amide bonds. The molecule has 2 heterocycles. The number of aromatic amines is 1. The second-order valence-corrected chi connectivity index (χ2v) is 4.99. The summed E-state index contributed by atoms with van der Waals surface area (Å²) >= 11 is 0. The third-order valence-electron chi connectivity index (χ3n) is 3.80. The second kappa shape index (κ2) is 4.12. The average Bonchev–Trinajstić information content (AvgIpc) is 2.97. The Kier molecular flexibility index (Phi) is 2.57. The standard InChI is InChI=1S/C12H15N3O3/c16-11-4-7(12(17)18)5-15(11)6-10-8-2-1-3-9(8)13-14-10/h7H,1-6H2,(H,13,14)(H,17,18)/t7-/m1/s1. The topological polar surface area (TPSA) is 86.3 Å². The van der Waals surface area contributed by atoms with Gasteiger partial charge in [0.25, 0.3) is 0 Å². The van der Waals surface area contributed by atoms with E-state index in [0.717, 1.165) is 25.0 Å². The van der Waals surface area contributed by atoms with Gasteiger partial charge in [0, 0.05) is 18.7 Å². The number of amides is 1. The Morgan fingerprint density at radius 3 is 3.06 bits per heavy atom. The minimum absolute atomic E-state index is 0.0860. The van der Waals surface area contributed by atoms with Crippen LogP contribution < -0.4 is 0 Å². The fourth-order valence-electron chi connectivity index (χ4n) is 2.79. The van der Waals surface area contributed by atoms with Crippen molar-refractivity contribution < 1.29 is 14.7 Å². The van der Waals surface area contributed by atoms with Crippen molar-refractivity contribution in [1.29, 1.82) is 0 Å². The van der Waals surface area contributed by atoms with E-state index in [1.54, 1.807) is 4.90 Å². The summed E-state index contributed by atoms with van der Waals surface area (Å²) in [6.45, 7) is 0.740. The highest BCUT2D eigenvalue weighted by Crippen LogP contribution is 2.26. The van der Waals surface area contributed by atoms with Crippen molar-refractivity contribution in [1.82, 2.24) is 15.1 Å². The first kappa shape index (κ1) is 11.3. The maximum Gasteiger partial charge on any atom is 0.308 e. The number of rotatable bonds is 3. The zero-order chi connectivity index (χ0) is 12.7. The van der Waals surface area contributed by atoms with E-state index in [1.165, 1.54) is 11.3 Å².